The fraction of sp³-hybridized carbons (Fsp3) is 0.200. The summed E-state index contributed by atoms with van der Waals surface area (Å²) in [5.74, 6) is -1.66. The van der Waals surface area contributed by atoms with Gasteiger partial charge in [-0.25, -0.2) is 13.2 Å². The molecule has 1 nitrogen and oxygen atoms in total. The molecular weight excluding hydrogens is 331 g/mol. The van der Waals surface area contributed by atoms with Crippen LogP contribution in [0.25, 0.3) is 0 Å². The smallest absolute Gasteiger partial charge is 0.149 e. The van der Waals surface area contributed by atoms with Crippen molar-refractivity contribution in [1.29, 1.82) is 0 Å². The fourth-order valence-electron chi connectivity index (χ4n) is 1.83. The molecule has 0 saturated heterocycles. The molecule has 20 heavy (non-hydrogen) atoms. The fourth-order valence-corrected chi connectivity index (χ4v) is 2.17. The summed E-state index contributed by atoms with van der Waals surface area (Å²) < 4.78 is 40.5. The van der Waals surface area contributed by atoms with Crippen LogP contribution in [0.5, 0.6) is 0 Å². The number of aryl methyl sites for hydroxylation is 1. The third-order valence-electron chi connectivity index (χ3n) is 3.08. The largest absolute Gasteiger partial charge is 0.376 e. The molecule has 0 heterocycles. The van der Waals surface area contributed by atoms with E-state index in [1.807, 2.05) is 0 Å². The van der Waals surface area contributed by atoms with Crippen LogP contribution in [0, 0.1) is 24.4 Å². The third-order valence-corrected chi connectivity index (χ3v) is 3.69. The molecule has 0 radical (unpaired) electrons. The van der Waals surface area contributed by atoms with Gasteiger partial charge in [-0.3, -0.25) is 0 Å². The van der Waals surface area contributed by atoms with E-state index in [1.54, 1.807) is 26.0 Å². The van der Waals surface area contributed by atoms with Crippen molar-refractivity contribution in [2.75, 3.05) is 5.32 Å². The highest BCUT2D eigenvalue weighted by atomic mass is 79.9. The zero-order chi connectivity index (χ0) is 14.9. The number of anilines is 1. The number of halogens is 4. The van der Waals surface area contributed by atoms with Crippen LogP contribution in [0.3, 0.4) is 0 Å². The standard InChI is InChI=1S/C15H13BrF3N/c1-8-3-4-10(5-12(8)17)9(2)20-15-6-11(16)13(18)7-14(15)19/h3-7,9,20H,1-2H3. The zero-order valence-corrected chi connectivity index (χ0v) is 12.6. The number of hydrogen-bond donors (Lipinski definition) is 1. The lowest BCUT2D eigenvalue weighted by molar-refractivity contribution is 0.579. The molecule has 0 bridgehead atoms. The number of benzene rings is 2. The van der Waals surface area contributed by atoms with Crippen molar-refractivity contribution >= 4 is 21.6 Å². The first kappa shape index (κ1) is 14.9. The average molecular weight is 344 g/mol. The summed E-state index contributed by atoms with van der Waals surface area (Å²) >= 11 is 3.01. The zero-order valence-electron chi connectivity index (χ0n) is 11.0. The van der Waals surface area contributed by atoms with Crippen molar-refractivity contribution < 1.29 is 13.2 Å². The number of rotatable bonds is 3. The Hall–Kier alpha value is -1.49. The van der Waals surface area contributed by atoms with Crippen molar-refractivity contribution in [3.05, 3.63) is 63.4 Å². The van der Waals surface area contributed by atoms with E-state index < -0.39 is 11.6 Å². The molecule has 1 atom stereocenters. The van der Waals surface area contributed by atoms with Crippen LogP contribution < -0.4 is 5.32 Å². The van der Waals surface area contributed by atoms with Gasteiger partial charge in [-0.15, -0.1) is 0 Å². The molecule has 106 valence electrons. The maximum absolute atomic E-state index is 13.7. The van der Waals surface area contributed by atoms with E-state index in [0.717, 1.165) is 6.07 Å². The summed E-state index contributed by atoms with van der Waals surface area (Å²) in [5.41, 5.74) is 1.40. The second-order valence-electron chi connectivity index (χ2n) is 4.62. The normalized spacial score (nSPS) is 12.3. The third kappa shape index (κ3) is 3.15. The molecule has 2 rings (SSSR count). The van der Waals surface area contributed by atoms with Gasteiger partial charge in [0, 0.05) is 12.1 Å². The Morgan fingerprint density at radius 2 is 1.70 bits per heavy atom. The molecule has 1 unspecified atom stereocenters. The maximum atomic E-state index is 13.7. The van der Waals surface area contributed by atoms with Crippen LogP contribution in [-0.2, 0) is 0 Å². The van der Waals surface area contributed by atoms with Crippen LogP contribution in [0.4, 0.5) is 18.9 Å². The molecule has 2 aromatic carbocycles. The van der Waals surface area contributed by atoms with Crippen molar-refractivity contribution in [2.24, 2.45) is 0 Å². The summed E-state index contributed by atoms with van der Waals surface area (Å²) in [5, 5.41) is 2.90. The minimum atomic E-state index is -0.690. The maximum Gasteiger partial charge on any atom is 0.149 e. The van der Waals surface area contributed by atoms with E-state index in [1.165, 1.54) is 12.1 Å². The van der Waals surface area contributed by atoms with Crippen molar-refractivity contribution in [3.8, 4) is 0 Å². The van der Waals surface area contributed by atoms with Crippen LogP contribution in [0.1, 0.15) is 24.1 Å². The Morgan fingerprint density at radius 1 is 1.00 bits per heavy atom. The minimum absolute atomic E-state index is 0.159. The van der Waals surface area contributed by atoms with Gasteiger partial charge in [-0.05, 0) is 53.0 Å². The van der Waals surface area contributed by atoms with Crippen LogP contribution >= 0.6 is 15.9 Å². The summed E-state index contributed by atoms with van der Waals surface area (Å²) in [7, 11) is 0. The first-order valence-electron chi connectivity index (χ1n) is 6.05. The highest BCUT2D eigenvalue weighted by Crippen LogP contribution is 2.27. The Morgan fingerprint density at radius 3 is 2.35 bits per heavy atom. The number of nitrogens with one attached hydrogen (secondary N) is 1. The molecule has 0 spiro atoms. The monoisotopic (exact) mass is 343 g/mol. The second-order valence-corrected chi connectivity index (χ2v) is 5.48. The Balaban J connectivity index is 2.25. The lowest BCUT2D eigenvalue weighted by Crippen LogP contribution is -2.09. The van der Waals surface area contributed by atoms with E-state index in [9.17, 15) is 13.2 Å². The van der Waals surface area contributed by atoms with Crippen LogP contribution in [-0.4, -0.2) is 0 Å². The molecule has 1 N–H and O–H groups in total. The van der Waals surface area contributed by atoms with Gasteiger partial charge in [0.1, 0.15) is 17.5 Å². The average Bonchev–Trinajstić information content (AvgIpc) is 2.39. The van der Waals surface area contributed by atoms with Gasteiger partial charge in [0.05, 0.1) is 10.2 Å². The molecule has 0 fully saturated rings. The van der Waals surface area contributed by atoms with Crippen molar-refractivity contribution in [1.82, 2.24) is 0 Å². The summed E-state index contributed by atoms with van der Waals surface area (Å²) in [6.07, 6.45) is 0. The molecule has 2 aromatic rings. The first-order chi connectivity index (χ1) is 9.38. The highest BCUT2D eigenvalue weighted by Gasteiger charge is 2.12. The quantitative estimate of drug-likeness (QED) is 0.741. The molecule has 0 aliphatic rings. The summed E-state index contributed by atoms with van der Waals surface area (Å²) in [4.78, 5) is 0. The van der Waals surface area contributed by atoms with Gasteiger partial charge in [-0.1, -0.05) is 12.1 Å². The lowest BCUT2D eigenvalue weighted by Gasteiger charge is -2.17. The molecule has 0 aromatic heterocycles. The van der Waals surface area contributed by atoms with Gasteiger partial charge in [0.15, 0.2) is 0 Å². The van der Waals surface area contributed by atoms with Gasteiger partial charge in [-0.2, -0.15) is 0 Å². The van der Waals surface area contributed by atoms with Gasteiger partial charge in [0.2, 0.25) is 0 Å². The predicted octanol–water partition coefficient (Wildman–Crippen LogP) is 5.35. The van der Waals surface area contributed by atoms with Crippen molar-refractivity contribution in [2.45, 2.75) is 19.9 Å². The van der Waals surface area contributed by atoms with E-state index in [-0.39, 0.29) is 22.0 Å². The summed E-state index contributed by atoms with van der Waals surface area (Å²) in [6, 6.07) is 6.66. The molecule has 0 saturated carbocycles. The number of hydrogen-bond acceptors (Lipinski definition) is 1. The van der Waals surface area contributed by atoms with E-state index in [2.05, 4.69) is 21.2 Å². The predicted molar refractivity (Wildman–Crippen MR) is 77.2 cm³/mol. The molecule has 0 amide bonds. The molecule has 0 aliphatic carbocycles. The second kappa shape index (κ2) is 5.87. The Labute approximate surface area is 123 Å². The van der Waals surface area contributed by atoms with Crippen LogP contribution in [0.2, 0.25) is 0 Å². The topological polar surface area (TPSA) is 12.0 Å². The Kier molecular flexibility index (Phi) is 4.38. The highest BCUT2D eigenvalue weighted by molar-refractivity contribution is 9.10. The first-order valence-corrected chi connectivity index (χ1v) is 6.85. The van der Waals surface area contributed by atoms with Gasteiger partial charge < -0.3 is 5.32 Å². The van der Waals surface area contributed by atoms with E-state index >= 15 is 0 Å². The van der Waals surface area contributed by atoms with E-state index in [4.69, 9.17) is 0 Å². The molecule has 0 aliphatic heterocycles. The van der Waals surface area contributed by atoms with Gasteiger partial charge >= 0.3 is 0 Å². The SMILES string of the molecule is Cc1ccc(C(C)Nc2cc(Br)c(F)cc2F)cc1F. The lowest BCUT2D eigenvalue weighted by atomic mass is 10.1. The van der Waals surface area contributed by atoms with Crippen LogP contribution in [0.15, 0.2) is 34.8 Å². The molecule has 5 heteroatoms. The minimum Gasteiger partial charge on any atom is -0.376 e. The van der Waals surface area contributed by atoms with Crippen molar-refractivity contribution in [3.63, 3.8) is 0 Å². The van der Waals surface area contributed by atoms with E-state index in [0.29, 0.717) is 11.1 Å². The molecular formula is C15H13BrF3N. The van der Waals surface area contributed by atoms with Gasteiger partial charge in [0.25, 0.3) is 0 Å². The summed E-state index contributed by atoms with van der Waals surface area (Å²) in [6.45, 7) is 3.45. The Bertz CT molecular complexity index is 643.